The molecule has 0 unspecified atom stereocenters. The molecule has 0 atom stereocenters. The van der Waals surface area contributed by atoms with Gasteiger partial charge in [-0.2, -0.15) is 0 Å². The van der Waals surface area contributed by atoms with E-state index in [1.807, 2.05) is 6.92 Å². The highest BCUT2D eigenvalue weighted by molar-refractivity contribution is 5.78. The van der Waals surface area contributed by atoms with Gasteiger partial charge in [0.05, 0.1) is 6.42 Å². The lowest BCUT2D eigenvalue weighted by Crippen LogP contribution is -2.04. The standard InChI is InChI=1S/C7H11O2/c1-4-7(8)9-5-6(2)3/h4H,2,5H2,1,3H3. The number of hydrogen-bond donors (Lipinski definition) is 0. The lowest BCUT2D eigenvalue weighted by Gasteiger charge is -1.99. The van der Waals surface area contributed by atoms with Gasteiger partial charge in [0.2, 0.25) is 0 Å². The summed E-state index contributed by atoms with van der Waals surface area (Å²) in [5, 5.41) is 0. The lowest BCUT2D eigenvalue weighted by molar-refractivity contribution is -0.138. The van der Waals surface area contributed by atoms with E-state index in [0.29, 0.717) is 6.61 Å². The highest BCUT2D eigenvalue weighted by Gasteiger charge is 1.95. The van der Waals surface area contributed by atoms with E-state index in [-0.39, 0.29) is 5.97 Å². The van der Waals surface area contributed by atoms with Gasteiger partial charge in [0.15, 0.2) is 0 Å². The van der Waals surface area contributed by atoms with Gasteiger partial charge in [-0.15, -0.1) is 0 Å². The molecule has 0 fully saturated rings. The minimum absolute atomic E-state index is 0.294. The Bertz CT molecular complexity index is 116. The fourth-order valence-corrected chi connectivity index (χ4v) is 0.278. The number of carbonyl (C=O) groups excluding carboxylic acids is 1. The highest BCUT2D eigenvalue weighted by Crippen LogP contribution is 1.89. The largest absolute Gasteiger partial charge is 0.461 e. The first-order valence-corrected chi connectivity index (χ1v) is 2.77. The van der Waals surface area contributed by atoms with Crippen LogP contribution in [-0.4, -0.2) is 12.6 Å². The van der Waals surface area contributed by atoms with Crippen molar-refractivity contribution in [3.63, 3.8) is 0 Å². The molecular formula is C7H11O2. The zero-order valence-electron chi connectivity index (χ0n) is 5.81. The van der Waals surface area contributed by atoms with Crippen LogP contribution in [0.3, 0.4) is 0 Å². The maximum absolute atomic E-state index is 10.4. The number of carbonyl (C=O) groups is 1. The van der Waals surface area contributed by atoms with E-state index < -0.39 is 0 Å². The van der Waals surface area contributed by atoms with Crippen molar-refractivity contribution in [3.8, 4) is 0 Å². The van der Waals surface area contributed by atoms with E-state index >= 15 is 0 Å². The molecule has 1 radical (unpaired) electrons. The second-order valence-electron chi connectivity index (χ2n) is 1.85. The van der Waals surface area contributed by atoms with Gasteiger partial charge < -0.3 is 4.74 Å². The van der Waals surface area contributed by atoms with Gasteiger partial charge in [-0.1, -0.05) is 13.5 Å². The second kappa shape index (κ2) is 4.13. The Morgan fingerprint density at radius 3 is 2.67 bits per heavy atom. The van der Waals surface area contributed by atoms with Crippen LogP contribution in [-0.2, 0) is 9.53 Å². The highest BCUT2D eigenvalue weighted by atomic mass is 16.5. The quantitative estimate of drug-likeness (QED) is 0.422. The minimum atomic E-state index is -0.294. The van der Waals surface area contributed by atoms with Crippen LogP contribution >= 0.6 is 0 Å². The van der Waals surface area contributed by atoms with E-state index in [1.165, 1.54) is 6.42 Å². The SMILES string of the molecule is C=C(C)COC(=O)[CH]C. The van der Waals surface area contributed by atoms with Crippen LogP contribution in [0.2, 0.25) is 0 Å². The molecule has 0 aromatic carbocycles. The normalized spacial score (nSPS) is 8.67. The summed E-state index contributed by atoms with van der Waals surface area (Å²) in [7, 11) is 0. The summed E-state index contributed by atoms with van der Waals surface area (Å²) in [5.74, 6) is -0.294. The van der Waals surface area contributed by atoms with Gasteiger partial charge in [0.1, 0.15) is 6.61 Å². The van der Waals surface area contributed by atoms with Crippen molar-refractivity contribution in [2.75, 3.05) is 6.61 Å². The minimum Gasteiger partial charge on any atom is -0.461 e. The Balaban J connectivity index is 3.28. The van der Waals surface area contributed by atoms with Crippen LogP contribution in [0.4, 0.5) is 0 Å². The number of hydrogen-bond acceptors (Lipinski definition) is 2. The van der Waals surface area contributed by atoms with Crippen molar-refractivity contribution >= 4 is 5.97 Å². The van der Waals surface area contributed by atoms with Gasteiger partial charge in [0.25, 0.3) is 0 Å². The fraction of sp³-hybridized carbons (Fsp3) is 0.429. The molecule has 0 bridgehead atoms. The van der Waals surface area contributed by atoms with Crippen molar-refractivity contribution in [2.45, 2.75) is 13.8 Å². The first-order chi connectivity index (χ1) is 4.16. The Morgan fingerprint density at radius 1 is 1.78 bits per heavy atom. The van der Waals surface area contributed by atoms with E-state index in [1.54, 1.807) is 6.92 Å². The number of esters is 1. The predicted molar refractivity (Wildman–Crippen MR) is 35.7 cm³/mol. The Hall–Kier alpha value is -0.790. The Morgan fingerprint density at radius 2 is 2.33 bits per heavy atom. The van der Waals surface area contributed by atoms with E-state index in [2.05, 4.69) is 11.3 Å². The van der Waals surface area contributed by atoms with Gasteiger partial charge >= 0.3 is 5.97 Å². The monoisotopic (exact) mass is 127 g/mol. The van der Waals surface area contributed by atoms with Crippen molar-refractivity contribution < 1.29 is 9.53 Å². The first-order valence-electron chi connectivity index (χ1n) is 2.77. The molecule has 0 saturated heterocycles. The molecule has 0 aliphatic heterocycles. The first kappa shape index (κ1) is 8.21. The Labute approximate surface area is 55.5 Å². The van der Waals surface area contributed by atoms with Crippen LogP contribution in [0.15, 0.2) is 12.2 Å². The maximum atomic E-state index is 10.4. The van der Waals surface area contributed by atoms with Crippen molar-refractivity contribution in [3.05, 3.63) is 18.6 Å². The summed E-state index contributed by atoms with van der Waals surface area (Å²) >= 11 is 0. The molecule has 0 aliphatic rings. The molecule has 2 heteroatoms. The topological polar surface area (TPSA) is 26.3 Å². The average Bonchev–Trinajstić information content (AvgIpc) is 1.83. The molecule has 51 valence electrons. The van der Waals surface area contributed by atoms with Gasteiger partial charge in [-0.05, 0) is 12.5 Å². The number of ether oxygens (including phenoxy) is 1. The third-order valence-electron chi connectivity index (χ3n) is 0.697. The summed E-state index contributed by atoms with van der Waals surface area (Å²) in [6, 6.07) is 0. The summed E-state index contributed by atoms with van der Waals surface area (Å²) < 4.78 is 4.66. The Kier molecular flexibility index (Phi) is 3.76. The molecule has 0 saturated carbocycles. The van der Waals surface area contributed by atoms with Crippen molar-refractivity contribution in [2.24, 2.45) is 0 Å². The van der Waals surface area contributed by atoms with Gasteiger partial charge in [0, 0.05) is 0 Å². The third kappa shape index (κ3) is 5.07. The summed E-state index contributed by atoms with van der Waals surface area (Å²) in [6.45, 7) is 7.34. The average molecular weight is 127 g/mol. The van der Waals surface area contributed by atoms with Gasteiger partial charge in [-0.25, -0.2) is 0 Å². The molecule has 0 rings (SSSR count). The van der Waals surface area contributed by atoms with E-state index in [0.717, 1.165) is 5.57 Å². The second-order valence-corrected chi connectivity index (χ2v) is 1.85. The third-order valence-corrected chi connectivity index (χ3v) is 0.697. The molecule has 0 aromatic heterocycles. The molecule has 0 amide bonds. The molecule has 2 nitrogen and oxygen atoms in total. The summed E-state index contributed by atoms with van der Waals surface area (Å²) in [5.41, 5.74) is 0.852. The maximum Gasteiger partial charge on any atom is 0.309 e. The van der Waals surface area contributed by atoms with Crippen molar-refractivity contribution in [1.29, 1.82) is 0 Å². The summed E-state index contributed by atoms with van der Waals surface area (Å²) in [6.07, 6.45) is 1.38. The van der Waals surface area contributed by atoms with Crippen LogP contribution in [0.25, 0.3) is 0 Å². The van der Waals surface area contributed by atoms with Crippen LogP contribution in [0, 0.1) is 6.42 Å². The van der Waals surface area contributed by atoms with Crippen molar-refractivity contribution in [1.82, 2.24) is 0 Å². The molecule has 0 heterocycles. The molecule has 9 heavy (non-hydrogen) atoms. The van der Waals surface area contributed by atoms with E-state index in [9.17, 15) is 4.79 Å². The molecular weight excluding hydrogens is 116 g/mol. The zero-order chi connectivity index (χ0) is 7.28. The predicted octanol–water partition coefficient (Wildman–Crippen LogP) is 1.33. The van der Waals surface area contributed by atoms with E-state index in [4.69, 9.17) is 0 Å². The van der Waals surface area contributed by atoms with Gasteiger partial charge in [-0.3, -0.25) is 4.79 Å². The summed E-state index contributed by atoms with van der Waals surface area (Å²) in [4.78, 5) is 10.4. The molecule has 0 N–H and O–H groups in total. The fourth-order valence-electron chi connectivity index (χ4n) is 0.278. The molecule has 0 aromatic rings. The van der Waals surface area contributed by atoms with Crippen LogP contribution < -0.4 is 0 Å². The number of rotatable bonds is 3. The van der Waals surface area contributed by atoms with Crippen LogP contribution in [0.1, 0.15) is 13.8 Å². The zero-order valence-corrected chi connectivity index (χ0v) is 5.81. The molecule has 0 aliphatic carbocycles. The lowest BCUT2D eigenvalue weighted by atomic mass is 10.4. The van der Waals surface area contributed by atoms with Crippen LogP contribution in [0.5, 0.6) is 0 Å². The smallest absolute Gasteiger partial charge is 0.309 e. The molecule has 0 spiro atoms.